The molecule has 0 aliphatic carbocycles. The lowest BCUT2D eigenvalue weighted by molar-refractivity contribution is -0.128. The average Bonchev–Trinajstić information content (AvgIpc) is 2.61. The van der Waals surface area contributed by atoms with Crippen LogP contribution < -0.4 is 4.74 Å². The van der Waals surface area contributed by atoms with E-state index in [4.69, 9.17) is 16.3 Å². The van der Waals surface area contributed by atoms with Crippen molar-refractivity contribution in [3.05, 3.63) is 59.0 Å². The molecule has 1 saturated heterocycles. The molecule has 2 heterocycles. The number of hydrogen-bond acceptors (Lipinski definition) is 4. The Morgan fingerprint density at radius 1 is 1.32 bits per heavy atom. The van der Waals surface area contributed by atoms with Gasteiger partial charge in [-0.15, -0.1) is 0 Å². The van der Waals surface area contributed by atoms with E-state index in [1.54, 1.807) is 36.5 Å². The molecule has 25 heavy (non-hydrogen) atoms. The van der Waals surface area contributed by atoms with Crippen molar-refractivity contribution >= 4 is 23.6 Å². The molecule has 0 saturated carbocycles. The molecule has 6 heteroatoms. The van der Waals surface area contributed by atoms with Crippen molar-refractivity contribution < 1.29 is 9.53 Å². The van der Waals surface area contributed by atoms with Gasteiger partial charge in [-0.2, -0.15) is 4.98 Å². The van der Waals surface area contributed by atoms with E-state index in [0.29, 0.717) is 23.3 Å². The number of aromatic nitrogens is 2. The fraction of sp³-hybridized carbons (Fsp3) is 0.316. The van der Waals surface area contributed by atoms with E-state index >= 15 is 0 Å². The van der Waals surface area contributed by atoms with Gasteiger partial charge < -0.3 is 9.64 Å². The van der Waals surface area contributed by atoms with Crippen LogP contribution in [0.3, 0.4) is 0 Å². The molecule has 0 spiro atoms. The maximum absolute atomic E-state index is 12.4. The van der Waals surface area contributed by atoms with Gasteiger partial charge in [0, 0.05) is 29.9 Å². The highest BCUT2D eigenvalue weighted by atomic mass is 35.5. The molecule has 0 radical (unpaired) electrons. The lowest BCUT2D eigenvalue weighted by Crippen LogP contribution is -2.43. The average molecular weight is 358 g/mol. The molecule has 1 amide bonds. The fourth-order valence-electron chi connectivity index (χ4n) is 2.75. The summed E-state index contributed by atoms with van der Waals surface area (Å²) in [4.78, 5) is 22.6. The number of nitrogens with zero attached hydrogens (tertiary/aromatic N) is 3. The molecule has 5 nitrogen and oxygen atoms in total. The second kappa shape index (κ2) is 8.12. The normalized spacial score (nSPS) is 17.7. The van der Waals surface area contributed by atoms with Crippen LogP contribution >= 0.6 is 11.6 Å². The van der Waals surface area contributed by atoms with Crippen LogP contribution in [0.15, 0.2) is 42.6 Å². The summed E-state index contributed by atoms with van der Waals surface area (Å²) in [5.74, 6) is 1.22. The first-order chi connectivity index (χ1) is 12.1. The molecule has 1 atom stereocenters. The molecule has 3 rings (SSSR count). The first-order valence-electron chi connectivity index (χ1n) is 8.29. The third-order valence-electron chi connectivity index (χ3n) is 4.02. The van der Waals surface area contributed by atoms with Gasteiger partial charge in [-0.1, -0.05) is 23.7 Å². The monoisotopic (exact) mass is 357 g/mol. The molecule has 130 valence electrons. The predicted molar refractivity (Wildman–Crippen MR) is 97.5 cm³/mol. The van der Waals surface area contributed by atoms with E-state index in [9.17, 15) is 4.79 Å². The Morgan fingerprint density at radius 2 is 2.12 bits per heavy atom. The first-order valence-corrected chi connectivity index (χ1v) is 8.67. The van der Waals surface area contributed by atoms with Crippen molar-refractivity contribution in [2.75, 3.05) is 13.1 Å². The second-order valence-electron chi connectivity index (χ2n) is 5.99. The second-order valence-corrected chi connectivity index (χ2v) is 6.43. The Hall–Kier alpha value is -2.40. The molecule has 2 aromatic rings. The van der Waals surface area contributed by atoms with Gasteiger partial charge in [0.1, 0.15) is 11.9 Å². The van der Waals surface area contributed by atoms with Crippen molar-refractivity contribution in [1.29, 1.82) is 0 Å². The van der Waals surface area contributed by atoms with E-state index < -0.39 is 0 Å². The Kier molecular flexibility index (Phi) is 5.66. The Balaban J connectivity index is 1.58. The molecule has 0 N–H and O–H groups in total. The number of benzene rings is 1. The number of hydrogen-bond donors (Lipinski definition) is 0. The smallest absolute Gasteiger partial charge is 0.246 e. The fourth-order valence-corrected chi connectivity index (χ4v) is 2.88. The number of halogens is 1. The van der Waals surface area contributed by atoms with Gasteiger partial charge in [0.15, 0.2) is 0 Å². The van der Waals surface area contributed by atoms with Crippen LogP contribution in [-0.2, 0) is 4.79 Å². The highest BCUT2D eigenvalue weighted by Gasteiger charge is 2.24. The highest BCUT2D eigenvalue weighted by Crippen LogP contribution is 2.17. The number of rotatable bonds is 4. The van der Waals surface area contributed by atoms with E-state index in [1.807, 2.05) is 24.0 Å². The molecular weight excluding hydrogens is 338 g/mol. The van der Waals surface area contributed by atoms with Gasteiger partial charge in [0.05, 0.1) is 6.54 Å². The zero-order chi connectivity index (χ0) is 17.6. The third-order valence-corrected chi connectivity index (χ3v) is 4.27. The maximum atomic E-state index is 12.4. The molecule has 1 aliphatic rings. The predicted octanol–water partition coefficient (Wildman–Crippen LogP) is 3.52. The standard InChI is InChI=1S/C19H20ClN3O2/c1-14-21-11-10-18(22-14)25-17-3-2-12-23(13-17)19(24)9-6-15-4-7-16(20)8-5-15/h4-11,17H,2-3,12-13H2,1H3/b9-6+. The summed E-state index contributed by atoms with van der Waals surface area (Å²) >= 11 is 5.87. The number of likely N-dealkylation sites (tertiary alicyclic amines) is 1. The Labute approximate surface area is 152 Å². The van der Waals surface area contributed by atoms with Crippen LogP contribution in [0.25, 0.3) is 6.08 Å². The summed E-state index contributed by atoms with van der Waals surface area (Å²) in [6.45, 7) is 3.13. The van der Waals surface area contributed by atoms with Crippen molar-refractivity contribution in [2.24, 2.45) is 0 Å². The summed E-state index contributed by atoms with van der Waals surface area (Å²) in [7, 11) is 0. The summed E-state index contributed by atoms with van der Waals surface area (Å²) in [6, 6.07) is 9.12. The number of ether oxygens (including phenoxy) is 1. The zero-order valence-corrected chi connectivity index (χ0v) is 14.8. The van der Waals surface area contributed by atoms with Crippen LogP contribution in [0.1, 0.15) is 24.2 Å². The van der Waals surface area contributed by atoms with E-state index in [0.717, 1.165) is 24.9 Å². The molecular formula is C19H20ClN3O2. The molecule has 1 aromatic heterocycles. The van der Waals surface area contributed by atoms with Crippen LogP contribution in [0.4, 0.5) is 0 Å². The Morgan fingerprint density at radius 3 is 2.88 bits per heavy atom. The van der Waals surface area contributed by atoms with Crippen LogP contribution in [0.2, 0.25) is 5.02 Å². The maximum Gasteiger partial charge on any atom is 0.246 e. The van der Waals surface area contributed by atoms with Gasteiger partial charge >= 0.3 is 0 Å². The van der Waals surface area contributed by atoms with Crippen LogP contribution in [0, 0.1) is 6.92 Å². The minimum Gasteiger partial charge on any atom is -0.472 e. The van der Waals surface area contributed by atoms with E-state index in [-0.39, 0.29) is 12.0 Å². The summed E-state index contributed by atoms with van der Waals surface area (Å²) < 4.78 is 5.91. The van der Waals surface area contributed by atoms with Crippen molar-refractivity contribution in [3.63, 3.8) is 0 Å². The molecule has 1 aromatic carbocycles. The van der Waals surface area contributed by atoms with E-state index in [1.165, 1.54) is 0 Å². The first kappa shape index (κ1) is 17.4. The van der Waals surface area contributed by atoms with Crippen molar-refractivity contribution in [2.45, 2.75) is 25.9 Å². The number of carbonyl (C=O) groups is 1. The minimum absolute atomic E-state index is 0.0119. The molecule has 1 unspecified atom stereocenters. The molecule has 0 bridgehead atoms. The summed E-state index contributed by atoms with van der Waals surface area (Å²) in [6.07, 6.45) is 6.86. The SMILES string of the molecule is Cc1nccc(OC2CCCN(C(=O)/C=C/c3ccc(Cl)cc3)C2)n1. The highest BCUT2D eigenvalue weighted by molar-refractivity contribution is 6.30. The topological polar surface area (TPSA) is 55.3 Å². The number of amides is 1. The van der Waals surface area contributed by atoms with Crippen LogP contribution in [0.5, 0.6) is 5.88 Å². The zero-order valence-electron chi connectivity index (χ0n) is 14.1. The quantitative estimate of drug-likeness (QED) is 0.785. The van der Waals surface area contributed by atoms with Crippen molar-refractivity contribution in [1.82, 2.24) is 14.9 Å². The van der Waals surface area contributed by atoms with Gasteiger partial charge in [-0.25, -0.2) is 4.98 Å². The Bertz CT molecular complexity index is 762. The van der Waals surface area contributed by atoms with Gasteiger partial charge in [-0.05, 0) is 43.5 Å². The largest absolute Gasteiger partial charge is 0.472 e. The number of aryl methyl sites for hydroxylation is 1. The lowest BCUT2D eigenvalue weighted by atomic mass is 10.1. The summed E-state index contributed by atoms with van der Waals surface area (Å²) in [5, 5.41) is 0.680. The minimum atomic E-state index is -0.0454. The van der Waals surface area contributed by atoms with Crippen molar-refractivity contribution in [3.8, 4) is 5.88 Å². The van der Waals surface area contributed by atoms with Crippen LogP contribution in [-0.4, -0.2) is 40.0 Å². The number of piperidine rings is 1. The summed E-state index contributed by atoms with van der Waals surface area (Å²) in [5.41, 5.74) is 0.944. The molecule has 1 aliphatic heterocycles. The third kappa shape index (κ3) is 5.03. The lowest BCUT2D eigenvalue weighted by Gasteiger charge is -2.32. The number of carbonyl (C=O) groups excluding carboxylic acids is 1. The molecule has 1 fully saturated rings. The van der Waals surface area contributed by atoms with Gasteiger partial charge in [0.25, 0.3) is 0 Å². The van der Waals surface area contributed by atoms with E-state index in [2.05, 4.69) is 9.97 Å². The van der Waals surface area contributed by atoms with Gasteiger partial charge in [-0.3, -0.25) is 4.79 Å². The van der Waals surface area contributed by atoms with Gasteiger partial charge in [0.2, 0.25) is 11.8 Å².